The molecule has 2 aromatic carbocycles. The Kier molecular flexibility index (Phi) is 7.60. The number of rotatable bonds is 9. The Morgan fingerprint density at radius 3 is 2.37 bits per heavy atom. The Bertz CT molecular complexity index is 991. The van der Waals surface area contributed by atoms with Crippen LogP contribution in [0.2, 0.25) is 5.02 Å². The molecule has 164 valence electrons. The third-order valence-corrected chi connectivity index (χ3v) is 5.20. The first-order valence-electron chi connectivity index (χ1n) is 9.30. The second kappa shape index (κ2) is 9.57. The number of ether oxygens (including phenoxy) is 2. The molecule has 1 unspecified atom stereocenters. The first-order chi connectivity index (χ1) is 13.9. The number of sulfonamides is 1. The number of anilines is 1. The molecule has 9 heteroatoms. The van der Waals surface area contributed by atoms with Crippen LogP contribution in [0.25, 0.3) is 0 Å². The molecule has 0 fully saturated rings. The highest BCUT2D eigenvalue weighted by Crippen LogP contribution is 2.29. The maximum Gasteiger partial charge on any atom is 0.277 e. The SMILES string of the molecule is COc1ccc(Cl)cc1NCC(C)c1ccc(OC(C)(C)C(=O)NS(C)(=O)=O)cc1. The van der Waals surface area contributed by atoms with Crippen molar-refractivity contribution in [1.82, 2.24) is 4.72 Å². The van der Waals surface area contributed by atoms with E-state index in [4.69, 9.17) is 21.1 Å². The molecule has 0 bridgehead atoms. The summed E-state index contributed by atoms with van der Waals surface area (Å²) in [5.41, 5.74) is 0.533. The predicted octanol–water partition coefficient (Wildman–Crippen LogP) is 3.80. The molecule has 1 atom stereocenters. The monoisotopic (exact) mass is 454 g/mol. The Morgan fingerprint density at radius 1 is 1.17 bits per heavy atom. The molecule has 7 nitrogen and oxygen atoms in total. The lowest BCUT2D eigenvalue weighted by atomic mass is 10.0. The predicted molar refractivity (Wildman–Crippen MR) is 119 cm³/mol. The van der Waals surface area contributed by atoms with E-state index in [-0.39, 0.29) is 5.92 Å². The van der Waals surface area contributed by atoms with E-state index >= 15 is 0 Å². The van der Waals surface area contributed by atoms with Crippen molar-refractivity contribution >= 4 is 33.2 Å². The molecule has 0 saturated carbocycles. The van der Waals surface area contributed by atoms with Crippen LogP contribution in [0.4, 0.5) is 5.69 Å². The van der Waals surface area contributed by atoms with Crippen molar-refractivity contribution in [1.29, 1.82) is 0 Å². The summed E-state index contributed by atoms with van der Waals surface area (Å²) in [5.74, 6) is 0.611. The summed E-state index contributed by atoms with van der Waals surface area (Å²) in [4.78, 5) is 12.1. The van der Waals surface area contributed by atoms with E-state index in [1.54, 1.807) is 25.3 Å². The number of nitrogens with one attached hydrogen (secondary N) is 2. The minimum Gasteiger partial charge on any atom is -0.495 e. The average molecular weight is 455 g/mol. The normalized spacial score (nSPS) is 12.7. The van der Waals surface area contributed by atoms with Crippen molar-refractivity contribution in [3.05, 3.63) is 53.1 Å². The van der Waals surface area contributed by atoms with E-state index in [1.807, 2.05) is 29.0 Å². The minimum absolute atomic E-state index is 0.171. The zero-order valence-corrected chi connectivity index (χ0v) is 19.2. The zero-order valence-electron chi connectivity index (χ0n) is 17.7. The van der Waals surface area contributed by atoms with Crippen molar-refractivity contribution in [2.24, 2.45) is 0 Å². The van der Waals surface area contributed by atoms with Gasteiger partial charge in [-0.15, -0.1) is 0 Å². The van der Waals surface area contributed by atoms with E-state index in [9.17, 15) is 13.2 Å². The van der Waals surface area contributed by atoms with E-state index in [2.05, 4.69) is 12.2 Å². The van der Waals surface area contributed by atoms with Gasteiger partial charge in [0.2, 0.25) is 10.0 Å². The zero-order chi connectivity index (χ0) is 22.5. The van der Waals surface area contributed by atoms with Gasteiger partial charge in [-0.2, -0.15) is 0 Å². The second-order valence-electron chi connectivity index (χ2n) is 7.51. The first-order valence-corrected chi connectivity index (χ1v) is 11.6. The van der Waals surface area contributed by atoms with E-state index in [0.29, 0.717) is 23.1 Å². The first kappa shape index (κ1) is 23.8. The van der Waals surface area contributed by atoms with Gasteiger partial charge in [0.25, 0.3) is 5.91 Å². The fourth-order valence-electron chi connectivity index (χ4n) is 2.70. The quantitative estimate of drug-likeness (QED) is 0.598. The van der Waals surface area contributed by atoms with Crippen molar-refractivity contribution in [3.8, 4) is 11.5 Å². The summed E-state index contributed by atoms with van der Waals surface area (Å²) in [6, 6.07) is 12.7. The summed E-state index contributed by atoms with van der Waals surface area (Å²) >= 11 is 6.06. The molecular weight excluding hydrogens is 428 g/mol. The third-order valence-electron chi connectivity index (χ3n) is 4.41. The fourth-order valence-corrected chi connectivity index (χ4v) is 3.45. The lowest BCUT2D eigenvalue weighted by molar-refractivity contribution is -0.132. The second-order valence-corrected chi connectivity index (χ2v) is 9.70. The van der Waals surface area contributed by atoms with Crippen LogP contribution in [0, 0.1) is 0 Å². The molecule has 30 heavy (non-hydrogen) atoms. The summed E-state index contributed by atoms with van der Waals surface area (Å²) in [7, 11) is -2.05. The topological polar surface area (TPSA) is 93.7 Å². The highest BCUT2D eigenvalue weighted by Gasteiger charge is 2.32. The summed E-state index contributed by atoms with van der Waals surface area (Å²) in [6.45, 7) is 5.74. The third kappa shape index (κ3) is 6.81. The van der Waals surface area contributed by atoms with Crippen LogP contribution in [0.15, 0.2) is 42.5 Å². The van der Waals surface area contributed by atoms with Crippen LogP contribution in [-0.2, 0) is 14.8 Å². The van der Waals surface area contributed by atoms with Crippen LogP contribution in [0.5, 0.6) is 11.5 Å². The molecule has 1 amide bonds. The number of halogens is 1. The molecule has 0 radical (unpaired) electrons. The maximum absolute atomic E-state index is 12.1. The van der Waals surface area contributed by atoms with Crippen LogP contribution >= 0.6 is 11.6 Å². The number of hydrogen-bond donors (Lipinski definition) is 2. The molecule has 0 aromatic heterocycles. The lowest BCUT2D eigenvalue weighted by Crippen LogP contribution is -2.48. The van der Waals surface area contributed by atoms with E-state index in [1.165, 1.54) is 13.8 Å². The largest absolute Gasteiger partial charge is 0.495 e. The molecule has 0 spiro atoms. The van der Waals surface area contributed by atoms with Crippen LogP contribution in [-0.4, -0.2) is 39.8 Å². The van der Waals surface area contributed by atoms with Gasteiger partial charge in [0.1, 0.15) is 11.5 Å². The summed E-state index contributed by atoms with van der Waals surface area (Å²) in [5, 5.41) is 3.96. The molecular formula is C21H27ClN2O5S. The molecule has 2 N–H and O–H groups in total. The Hall–Kier alpha value is -2.45. The minimum atomic E-state index is -3.66. The maximum atomic E-state index is 12.1. The average Bonchev–Trinajstić information content (AvgIpc) is 2.65. The van der Waals surface area contributed by atoms with Crippen molar-refractivity contribution < 1.29 is 22.7 Å². The van der Waals surface area contributed by atoms with Gasteiger partial charge in [0.15, 0.2) is 5.60 Å². The van der Waals surface area contributed by atoms with Gasteiger partial charge >= 0.3 is 0 Å². The Balaban J connectivity index is 2.01. The van der Waals surface area contributed by atoms with Gasteiger partial charge in [0, 0.05) is 11.6 Å². The Labute approximate surface area is 182 Å². The van der Waals surface area contributed by atoms with Gasteiger partial charge < -0.3 is 14.8 Å². The smallest absolute Gasteiger partial charge is 0.277 e. The highest BCUT2D eigenvalue weighted by molar-refractivity contribution is 7.89. The number of carbonyl (C=O) groups is 1. The molecule has 2 rings (SSSR count). The number of carbonyl (C=O) groups excluding carboxylic acids is 1. The van der Waals surface area contributed by atoms with Gasteiger partial charge in [0.05, 0.1) is 19.1 Å². The van der Waals surface area contributed by atoms with Gasteiger partial charge in [-0.1, -0.05) is 30.7 Å². The van der Waals surface area contributed by atoms with Gasteiger partial charge in [-0.05, 0) is 55.7 Å². The molecule has 0 aliphatic carbocycles. The lowest BCUT2D eigenvalue weighted by Gasteiger charge is -2.25. The van der Waals surface area contributed by atoms with E-state index < -0.39 is 21.5 Å². The molecule has 0 heterocycles. The van der Waals surface area contributed by atoms with E-state index in [0.717, 1.165) is 17.5 Å². The molecule has 0 saturated heterocycles. The highest BCUT2D eigenvalue weighted by atomic mass is 35.5. The van der Waals surface area contributed by atoms with Crippen LogP contribution < -0.4 is 19.5 Å². The summed E-state index contributed by atoms with van der Waals surface area (Å²) in [6.07, 6.45) is 0.921. The standard InChI is InChI=1S/C21H27ClN2O5S/c1-14(13-23-18-12-16(22)8-11-19(18)28-4)15-6-9-17(10-7-15)29-21(2,3)20(25)24-30(5,26)27/h6-12,14,23H,13H2,1-5H3,(H,24,25). The number of benzene rings is 2. The van der Waals surface area contributed by atoms with Gasteiger partial charge in [-0.25, -0.2) is 13.1 Å². The summed E-state index contributed by atoms with van der Waals surface area (Å²) < 4.78 is 35.5. The molecule has 0 aliphatic heterocycles. The van der Waals surface area contributed by atoms with Crippen molar-refractivity contribution in [2.45, 2.75) is 32.3 Å². The Morgan fingerprint density at radius 2 is 1.80 bits per heavy atom. The van der Waals surface area contributed by atoms with Crippen LogP contribution in [0.1, 0.15) is 32.3 Å². The number of methoxy groups -OCH3 is 1. The van der Waals surface area contributed by atoms with Crippen LogP contribution in [0.3, 0.4) is 0 Å². The van der Waals surface area contributed by atoms with Crippen molar-refractivity contribution in [3.63, 3.8) is 0 Å². The molecule has 0 aliphatic rings. The van der Waals surface area contributed by atoms with Gasteiger partial charge in [-0.3, -0.25) is 4.79 Å². The van der Waals surface area contributed by atoms with Crippen molar-refractivity contribution in [2.75, 3.05) is 25.2 Å². The number of amides is 1. The number of hydrogen-bond acceptors (Lipinski definition) is 6. The fraction of sp³-hybridized carbons (Fsp3) is 0.381. The molecule has 2 aromatic rings.